The van der Waals surface area contributed by atoms with Gasteiger partial charge in [0.25, 0.3) is 0 Å². The van der Waals surface area contributed by atoms with E-state index < -0.39 is 0 Å². The molecule has 17 heavy (non-hydrogen) atoms. The molecule has 0 amide bonds. The Bertz CT molecular complexity index is 187. The van der Waals surface area contributed by atoms with Crippen molar-refractivity contribution in [3.05, 3.63) is 0 Å². The SMILES string of the molecule is CCCNC(CCCOC)C1CCOCC1C. The van der Waals surface area contributed by atoms with Crippen molar-refractivity contribution in [3.8, 4) is 0 Å². The summed E-state index contributed by atoms with van der Waals surface area (Å²) in [6, 6.07) is 0.643. The molecular weight excluding hydrogens is 214 g/mol. The molecule has 0 aromatic heterocycles. The summed E-state index contributed by atoms with van der Waals surface area (Å²) < 4.78 is 10.7. The fourth-order valence-corrected chi connectivity index (χ4v) is 2.74. The molecular formula is C14H29NO2. The van der Waals surface area contributed by atoms with E-state index in [1.165, 1.54) is 19.3 Å². The first-order valence-corrected chi connectivity index (χ1v) is 7.09. The van der Waals surface area contributed by atoms with Crippen LogP contribution in [0.25, 0.3) is 0 Å². The van der Waals surface area contributed by atoms with Gasteiger partial charge < -0.3 is 14.8 Å². The molecule has 1 N–H and O–H groups in total. The van der Waals surface area contributed by atoms with Crippen LogP contribution in [0.15, 0.2) is 0 Å². The number of rotatable bonds is 8. The van der Waals surface area contributed by atoms with E-state index >= 15 is 0 Å². The minimum absolute atomic E-state index is 0.643. The van der Waals surface area contributed by atoms with Crippen molar-refractivity contribution in [1.29, 1.82) is 0 Å². The molecule has 1 heterocycles. The topological polar surface area (TPSA) is 30.5 Å². The van der Waals surface area contributed by atoms with E-state index in [4.69, 9.17) is 9.47 Å². The average molecular weight is 243 g/mol. The molecule has 3 atom stereocenters. The van der Waals surface area contributed by atoms with Crippen LogP contribution in [0, 0.1) is 11.8 Å². The van der Waals surface area contributed by atoms with E-state index in [0.29, 0.717) is 12.0 Å². The van der Waals surface area contributed by atoms with Gasteiger partial charge in [0, 0.05) is 33.0 Å². The van der Waals surface area contributed by atoms with Crippen molar-refractivity contribution in [2.24, 2.45) is 11.8 Å². The van der Waals surface area contributed by atoms with Gasteiger partial charge in [0.05, 0.1) is 0 Å². The third-order valence-electron chi connectivity index (χ3n) is 3.74. The van der Waals surface area contributed by atoms with Crippen LogP contribution in [0.3, 0.4) is 0 Å². The third kappa shape index (κ3) is 5.36. The minimum Gasteiger partial charge on any atom is -0.385 e. The van der Waals surface area contributed by atoms with Crippen LogP contribution in [0.2, 0.25) is 0 Å². The normalized spacial score (nSPS) is 27.0. The second-order valence-electron chi connectivity index (χ2n) is 5.20. The predicted molar refractivity (Wildman–Crippen MR) is 71.3 cm³/mol. The van der Waals surface area contributed by atoms with Crippen molar-refractivity contribution in [2.75, 3.05) is 33.5 Å². The van der Waals surface area contributed by atoms with Crippen molar-refractivity contribution >= 4 is 0 Å². The molecule has 3 unspecified atom stereocenters. The number of nitrogens with one attached hydrogen (secondary N) is 1. The van der Waals surface area contributed by atoms with Crippen LogP contribution in [0.5, 0.6) is 0 Å². The number of ether oxygens (including phenoxy) is 2. The number of methoxy groups -OCH3 is 1. The van der Waals surface area contributed by atoms with Crippen molar-refractivity contribution in [3.63, 3.8) is 0 Å². The van der Waals surface area contributed by atoms with Crippen molar-refractivity contribution in [2.45, 2.75) is 45.6 Å². The third-order valence-corrected chi connectivity index (χ3v) is 3.74. The fraction of sp³-hybridized carbons (Fsp3) is 1.00. The maximum absolute atomic E-state index is 5.54. The van der Waals surface area contributed by atoms with E-state index in [0.717, 1.165) is 38.7 Å². The molecule has 0 aromatic carbocycles. The molecule has 1 saturated heterocycles. The first-order chi connectivity index (χ1) is 8.29. The second-order valence-corrected chi connectivity index (χ2v) is 5.20. The quantitative estimate of drug-likeness (QED) is 0.664. The van der Waals surface area contributed by atoms with Crippen LogP contribution in [0.1, 0.15) is 39.5 Å². The molecule has 102 valence electrons. The second kappa shape index (κ2) is 8.90. The summed E-state index contributed by atoms with van der Waals surface area (Å²) in [4.78, 5) is 0. The highest BCUT2D eigenvalue weighted by Gasteiger charge is 2.28. The zero-order valence-corrected chi connectivity index (χ0v) is 11.7. The largest absolute Gasteiger partial charge is 0.385 e. The van der Waals surface area contributed by atoms with E-state index in [1.54, 1.807) is 7.11 Å². The highest BCUT2D eigenvalue weighted by Crippen LogP contribution is 2.27. The first-order valence-electron chi connectivity index (χ1n) is 7.09. The molecule has 1 rings (SSSR count). The van der Waals surface area contributed by atoms with Crippen LogP contribution < -0.4 is 5.32 Å². The smallest absolute Gasteiger partial charge is 0.0494 e. The Morgan fingerprint density at radius 3 is 2.94 bits per heavy atom. The lowest BCUT2D eigenvalue weighted by Gasteiger charge is -2.36. The number of hydrogen-bond acceptors (Lipinski definition) is 3. The summed E-state index contributed by atoms with van der Waals surface area (Å²) in [5.41, 5.74) is 0. The summed E-state index contributed by atoms with van der Waals surface area (Å²) in [7, 11) is 1.78. The van der Waals surface area contributed by atoms with Gasteiger partial charge in [-0.05, 0) is 44.1 Å². The van der Waals surface area contributed by atoms with Crippen LogP contribution in [0.4, 0.5) is 0 Å². The molecule has 3 nitrogen and oxygen atoms in total. The van der Waals surface area contributed by atoms with E-state index in [2.05, 4.69) is 19.2 Å². The zero-order valence-electron chi connectivity index (χ0n) is 11.7. The molecule has 1 aliphatic rings. The van der Waals surface area contributed by atoms with Gasteiger partial charge in [0.1, 0.15) is 0 Å². The van der Waals surface area contributed by atoms with Gasteiger partial charge in [0.15, 0.2) is 0 Å². The lowest BCUT2D eigenvalue weighted by Crippen LogP contribution is -2.43. The predicted octanol–water partition coefficient (Wildman–Crippen LogP) is 2.45. The van der Waals surface area contributed by atoms with E-state index in [1.807, 2.05) is 0 Å². The molecule has 0 aliphatic carbocycles. The fourth-order valence-electron chi connectivity index (χ4n) is 2.74. The van der Waals surface area contributed by atoms with E-state index in [-0.39, 0.29) is 0 Å². The Kier molecular flexibility index (Phi) is 7.82. The lowest BCUT2D eigenvalue weighted by atomic mass is 9.81. The Hall–Kier alpha value is -0.120. The zero-order chi connectivity index (χ0) is 12.5. The summed E-state index contributed by atoms with van der Waals surface area (Å²) in [6.45, 7) is 8.42. The Labute approximate surface area is 106 Å². The molecule has 0 saturated carbocycles. The average Bonchev–Trinajstić information content (AvgIpc) is 2.35. The summed E-state index contributed by atoms with van der Waals surface area (Å²) in [6.07, 6.45) is 4.79. The van der Waals surface area contributed by atoms with Gasteiger partial charge in [-0.1, -0.05) is 13.8 Å². The molecule has 0 radical (unpaired) electrons. The van der Waals surface area contributed by atoms with Gasteiger partial charge >= 0.3 is 0 Å². The Morgan fingerprint density at radius 2 is 2.29 bits per heavy atom. The van der Waals surface area contributed by atoms with Crippen molar-refractivity contribution < 1.29 is 9.47 Å². The molecule has 0 spiro atoms. The summed E-state index contributed by atoms with van der Waals surface area (Å²) >= 11 is 0. The van der Waals surface area contributed by atoms with Crippen LogP contribution >= 0.6 is 0 Å². The van der Waals surface area contributed by atoms with Crippen LogP contribution in [-0.2, 0) is 9.47 Å². The first kappa shape index (κ1) is 14.9. The molecule has 3 heteroatoms. The monoisotopic (exact) mass is 243 g/mol. The molecule has 1 aliphatic heterocycles. The van der Waals surface area contributed by atoms with Crippen LogP contribution in [-0.4, -0.2) is 39.5 Å². The van der Waals surface area contributed by atoms with E-state index in [9.17, 15) is 0 Å². The lowest BCUT2D eigenvalue weighted by molar-refractivity contribution is 0.00876. The Morgan fingerprint density at radius 1 is 1.47 bits per heavy atom. The highest BCUT2D eigenvalue weighted by atomic mass is 16.5. The van der Waals surface area contributed by atoms with Gasteiger partial charge in [0.2, 0.25) is 0 Å². The summed E-state index contributed by atoms with van der Waals surface area (Å²) in [5.74, 6) is 1.45. The Balaban J connectivity index is 2.41. The number of hydrogen-bond donors (Lipinski definition) is 1. The molecule has 0 bridgehead atoms. The van der Waals surface area contributed by atoms with Crippen molar-refractivity contribution in [1.82, 2.24) is 5.32 Å². The highest BCUT2D eigenvalue weighted by molar-refractivity contribution is 4.82. The maximum atomic E-state index is 5.54. The maximum Gasteiger partial charge on any atom is 0.0494 e. The van der Waals surface area contributed by atoms with Gasteiger partial charge in [-0.2, -0.15) is 0 Å². The van der Waals surface area contributed by atoms with Gasteiger partial charge in [-0.15, -0.1) is 0 Å². The summed E-state index contributed by atoms with van der Waals surface area (Å²) in [5, 5.41) is 3.72. The van der Waals surface area contributed by atoms with Gasteiger partial charge in [-0.3, -0.25) is 0 Å². The standard InChI is InChI=1S/C14H29NO2/c1-4-8-15-14(6-5-9-16-3)13-7-10-17-11-12(13)2/h12-15H,4-11H2,1-3H3. The molecule has 0 aromatic rings. The molecule has 1 fully saturated rings. The van der Waals surface area contributed by atoms with Gasteiger partial charge in [-0.25, -0.2) is 0 Å². The minimum atomic E-state index is 0.643.